The van der Waals surface area contributed by atoms with Gasteiger partial charge in [0, 0.05) is 29.6 Å². The van der Waals surface area contributed by atoms with E-state index in [0.29, 0.717) is 5.56 Å². The van der Waals surface area contributed by atoms with Crippen molar-refractivity contribution in [2.75, 3.05) is 0 Å². The van der Waals surface area contributed by atoms with Crippen molar-refractivity contribution in [3.8, 4) is 5.69 Å². The van der Waals surface area contributed by atoms with Gasteiger partial charge in [0.25, 0.3) is 5.91 Å². The summed E-state index contributed by atoms with van der Waals surface area (Å²) in [5.74, 6) is -0.104. The van der Waals surface area contributed by atoms with Gasteiger partial charge in [0.1, 0.15) is 6.33 Å². The van der Waals surface area contributed by atoms with E-state index < -0.39 is 0 Å². The van der Waals surface area contributed by atoms with E-state index in [1.807, 2.05) is 78.7 Å². The molecule has 6 heteroatoms. The van der Waals surface area contributed by atoms with Gasteiger partial charge in [-0.25, -0.2) is 4.98 Å². The van der Waals surface area contributed by atoms with Crippen LogP contribution in [0.3, 0.4) is 0 Å². The highest BCUT2D eigenvalue weighted by Gasteiger charge is 2.15. The second kappa shape index (κ2) is 6.72. The van der Waals surface area contributed by atoms with E-state index in [9.17, 15) is 4.79 Å². The number of nitrogens with one attached hydrogen (secondary N) is 1. The first-order valence-electron chi connectivity index (χ1n) is 8.86. The molecule has 4 rings (SSSR count). The third-order valence-corrected chi connectivity index (χ3v) is 4.95. The molecular formula is C21H21N5O. The second-order valence-electron chi connectivity index (χ2n) is 6.65. The average molecular weight is 359 g/mol. The summed E-state index contributed by atoms with van der Waals surface area (Å²) in [7, 11) is 1.89. The van der Waals surface area contributed by atoms with Crippen molar-refractivity contribution in [1.82, 2.24) is 24.6 Å². The van der Waals surface area contributed by atoms with Crippen LogP contribution >= 0.6 is 0 Å². The molecule has 0 aliphatic rings. The quantitative estimate of drug-likeness (QED) is 0.606. The highest BCUT2D eigenvalue weighted by molar-refractivity contribution is 5.94. The molecule has 4 aromatic rings. The zero-order chi connectivity index (χ0) is 19.0. The van der Waals surface area contributed by atoms with Crippen LogP contribution in [0.1, 0.15) is 34.6 Å². The summed E-state index contributed by atoms with van der Waals surface area (Å²) in [6, 6.07) is 15.4. The van der Waals surface area contributed by atoms with Crippen molar-refractivity contribution in [2.45, 2.75) is 19.9 Å². The van der Waals surface area contributed by atoms with E-state index in [1.54, 1.807) is 12.5 Å². The van der Waals surface area contributed by atoms with Crippen LogP contribution in [0.15, 0.2) is 61.1 Å². The Balaban J connectivity index is 1.53. The van der Waals surface area contributed by atoms with E-state index in [4.69, 9.17) is 0 Å². The number of fused-ring (bicyclic) bond motifs is 1. The first kappa shape index (κ1) is 17.0. The van der Waals surface area contributed by atoms with E-state index in [0.717, 1.165) is 28.0 Å². The van der Waals surface area contributed by atoms with Crippen molar-refractivity contribution in [1.29, 1.82) is 0 Å². The normalized spacial score (nSPS) is 12.3. The number of carbonyl (C=O) groups is 1. The summed E-state index contributed by atoms with van der Waals surface area (Å²) >= 11 is 0. The third kappa shape index (κ3) is 3.10. The largest absolute Gasteiger partial charge is 0.345 e. The first-order valence-corrected chi connectivity index (χ1v) is 8.86. The summed E-state index contributed by atoms with van der Waals surface area (Å²) in [6.45, 7) is 3.96. The Kier molecular flexibility index (Phi) is 4.24. The fraction of sp³-hybridized carbons (Fsp3) is 0.190. The number of nitrogens with zero attached hydrogens (tertiary/aromatic N) is 4. The molecule has 0 fully saturated rings. The van der Waals surface area contributed by atoms with Gasteiger partial charge in [-0.05, 0) is 50.2 Å². The molecule has 0 bridgehead atoms. The fourth-order valence-electron chi connectivity index (χ4n) is 3.24. The lowest BCUT2D eigenvalue weighted by Gasteiger charge is -2.14. The molecule has 136 valence electrons. The van der Waals surface area contributed by atoms with Gasteiger partial charge in [-0.15, -0.1) is 0 Å². The fourth-order valence-corrected chi connectivity index (χ4v) is 3.24. The van der Waals surface area contributed by atoms with Crippen molar-refractivity contribution < 1.29 is 4.79 Å². The Hall–Kier alpha value is -3.41. The lowest BCUT2D eigenvalue weighted by Crippen LogP contribution is -2.26. The molecule has 0 aliphatic carbocycles. The maximum atomic E-state index is 12.6. The predicted molar refractivity (Wildman–Crippen MR) is 105 cm³/mol. The Morgan fingerprint density at radius 2 is 1.85 bits per heavy atom. The molecule has 1 N–H and O–H groups in total. The minimum atomic E-state index is -0.108. The van der Waals surface area contributed by atoms with Gasteiger partial charge in [-0.3, -0.25) is 14.0 Å². The van der Waals surface area contributed by atoms with E-state index in [2.05, 4.69) is 15.4 Å². The summed E-state index contributed by atoms with van der Waals surface area (Å²) < 4.78 is 3.82. The van der Waals surface area contributed by atoms with Crippen molar-refractivity contribution in [3.05, 3.63) is 77.9 Å². The van der Waals surface area contributed by atoms with Gasteiger partial charge in [0.2, 0.25) is 0 Å². The zero-order valence-electron chi connectivity index (χ0n) is 15.5. The van der Waals surface area contributed by atoms with Crippen molar-refractivity contribution in [3.63, 3.8) is 0 Å². The number of rotatable bonds is 4. The predicted octanol–water partition coefficient (Wildman–Crippen LogP) is 3.56. The Morgan fingerprint density at radius 3 is 2.56 bits per heavy atom. The van der Waals surface area contributed by atoms with E-state index in [-0.39, 0.29) is 11.9 Å². The van der Waals surface area contributed by atoms with Gasteiger partial charge >= 0.3 is 0 Å². The number of benzene rings is 2. The van der Waals surface area contributed by atoms with Crippen molar-refractivity contribution in [2.24, 2.45) is 7.05 Å². The molecule has 2 aromatic carbocycles. The van der Waals surface area contributed by atoms with Crippen molar-refractivity contribution >= 4 is 16.9 Å². The Labute approximate surface area is 157 Å². The standard InChI is InChI=1S/C21H21N5O/c1-14(18-12-23-25(3)15(18)2)24-21(27)16-8-10-17(11-9-16)26-13-22-19-6-4-5-7-20(19)26/h4-14H,1-3H3,(H,24,27). The third-order valence-electron chi connectivity index (χ3n) is 4.95. The molecule has 2 heterocycles. The molecule has 0 aliphatic heterocycles. The molecular weight excluding hydrogens is 338 g/mol. The van der Waals surface area contributed by atoms with E-state index in [1.165, 1.54) is 0 Å². The number of carbonyl (C=O) groups excluding carboxylic acids is 1. The van der Waals surface area contributed by atoms with Crippen LogP contribution < -0.4 is 5.32 Å². The molecule has 2 aromatic heterocycles. The number of amides is 1. The van der Waals surface area contributed by atoms with E-state index >= 15 is 0 Å². The monoisotopic (exact) mass is 359 g/mol. The summed E-state index contributed by atoms with van der Waals surface area (Å²) in [4.78, 5) is 17.0. The van der Waals surface area contributed by atoms with Crippen LogP contribution in [0.2, 0.25) is 0 Å². The highest BCUT2D eigenvalue weighted by Crippen LogP contribution is 2.19. The number of aromatic nitrogens is 4. The van der Waals surface area contributed by atoms with Gasteiger partial charge in [-0.2, -0.15) is 5.10 Å². The summed E-state index contributed by atoms with van der Waals surface area (Å²) in [6.07, 6.45) is 3.60. The number of hydrogen-bond donors (Lipinski definition) is 1. The molecule has 0 spiro atoms. The minimum absolute atomic E-state index is 0.104. The molecule has 0 saturated carbocycles. The number of hydrogen-bond acceptors (Lipinski definition) is 3. The van der Waals surface area contributed by atoms with Crippen LogP contribution in [0, 0.1) is 6.92 Å². The van der Waals surface area contributed by atoms with Gasteiger partial charge in [0.15, 0.2) is 0 Å². The summed E-state index contributed by atoms with van der Waals surface area (Å²) in [5.41, 5.74) is 5.64. The molecule has 1 amide bonds. The van der Waals surface area contributed by atoms with Crippen LogP contribution in [-0.4, -0.2) is 25.2 Å². The lowest BCUT2D eigenvalue weighted by molar-refractivity contribution is 0.0940. The van der Waals surface area contributed by atoms with Crippen LogP contribution in [0.25, 0.3) is 16.7 Å². The molecule has 0 saturated heterocycles. The molecule has 1 unspecified atom stereocenters. The second-order valence-corrected chi connectivity index (χ2v) is 6.65. The SMILES string of the molecule is Cc1c(C(C)NC(=O)c2ccc(-n3cnc4ccccc43)cc2)cnn1C. The summed E-state index contributed by atoms with van der Waals surface area (Å²) in [5, 5.41) is 7.28. The smallest absolute Gasteiger partial charge is 0.251 e. The molecule has 27 heavy (non-hydrogen) atoms. The minimum Gasteiger partial charge on any atom is -0.345 e. The molecule has 0 radical (unpaired) electrons. The molecule has 1 atom stereocenters. The first-order chi connectivity index (χ1) is 13.0. The number of para-hydroxylation sites is 2. The maximum Gasteiger partial charge on any atom is 0.251 e. The number of imidazole rings is 1. The average Bonchev–Trinajstić information content (AvgIpc) is 3.26. The van der Waals surface area contributed by atoms with Gasteiger partial charge < -0.3 is 5.32 Å². The van der Waals surface area contributed by atoms with Crippen LogP contribution in [0.4, 0.5) is 0 Å². The maximum absolute atomic E-state index is 12.6. The lowest BCUT2D eigenvalue weighted by atomic mass is 10.1. The Morgan fingerprint density at radius 1 is 1.11 bits per heavy atom. The topological polar surface area (TPSA) is 64.7 Å². The van der Waals surface area contributed by atoms with Gasteiger partial charge in [-0.1, -0.05) is 12.1 Å². The molecule has 6 nitrogen and oxygen atoms in total. The Bertz CT molecular complexity index is 1110. The highest BCUT2D eigenvalue weighted by atomic mass is 16.1. The number of aryl methyl sites for hydroxylation is 1. The van der Waals surface area contributed by atoms with Gasteiger partial charge in [0.05, 0.1) is 23.3 Å². The van der Waals surface area contributed by atoms with Crippen LogP contribution in [0.5, 0.6) is 0 Å². The van der Waals surface area contributed by atoms with Crippen LogP contribution in [-0.2, 0) is 7.05 Å². The zero-order valence-corrected chi connectivity index (χ0v) is 15.5.